The van der Waals surface area contributed by atoms with Crippen LogP contribution >= 0.6 is 0 Å². The second-order valence-electron chi connectivity index (χ2n) is 8.26. The molecule has 0 saturated carbocycles. The van der Waals surface area contributed by atoms with Crippen molar-refractivity contribution in [3.05, 3.63) is 82.9 Å². The Morgan fingerprint density at radius 3 is 1.46 bits per heavy atom. The fourth-order valence-electron chi connectivity index (χ4n) is 4.59. The Bertz CT molecular complexity index is 861. The summed E-state index contributed by atoms with van der Waals surface area (Å²) in [5.41, 5.74) is 6.37. The summed E-state index contributed by atoms with van der Waals surface area (Å²) in [7, 11) is 0. The molecule has 0 nitrogen and oxygen atoms in total. The van der Waals surface area contributed by atoms with Gasteiger partial charge in [-0.3, -0.25) is 0 Å². The van der Waals surface area contributed by atoms with Crippen LogP contribution in [-0.2, 0) is 21.3 Å². The van der Waals surface area contributed by atoms with Crippen molar-refractivity contribution >= 4 is 41.7 Å². The molecule has 0 radical (unpaired) electrons. The Labute approximate surface area is 174 Å². The standard InChI is InChI=1S/2C11H13Ge.CH2.Zr/c2*1-12(2)11-8-7-9-5-3-4-6-10(9)11;;/h2*3-8,12H,1-2H3;1H2;. The van der Waals surface area contributed by atoms with Gasteiger partial charge in [0.2, 0.25) is 0 Å². The molecular formula is C23H28Ge2Zr. The predicted molar refractivity (Wildman–Crippen MR) is 119 cm³/mol. The van der Waals surface area contributed by atoms with Gasteiger partial charge in [-0.05, 0) is 0 Å². The first-order chi connectivity index (χ1) is 12.5. The van der Waals surface area contributed by atoms with Gasteiger partial charge < -0.3 is 0 Å². The molecule has 0 amide bonds. The molecule has 0 aromatic heterocycles. The van der Waals surface area contributed by atoms with E-state index >= 15 is 0 Å². The zero-order chi connectivity index (χ0) is 18.4. The van der Waals surface area contributed by atoms with Gasteiger partial charge in [-0.15, -0.1) is 0 Å². The molecular weight excluding hydrogens is 513 g/mol. The molecule has 2 unspecified atom stereocenters. The fraction of sp³-hybridized carbons (Fsp3) is 0.261. The Hall–Kier alpha value is -0.241. The average Bonchev–Trinajstić information content (AvgIpc) is 3.20. The zero-order valence-corrected chi connectivity index (χ0v) is 23.6. The Balaban J connectivity index is 1.78. The summed E-state index contributed by atoms with van der Waals surface area (Å²) in [6.07, 6.45) is 5.37. The molecule has 26 heavy (non-hydrogen) atoms. The number of rotatable bonds is 4. The molecule has 0 spiro atoms. The third kappa shape index (κ3) is 3.23. The average molecular weight is 541 g/mol. The molecule has 4 rings (SSSR count). The van der Waals surface area contributed by atoms with Crippen LogP contribution in [0.4, 0.5) is 0 Å². The molecule has 2 aromatic carbocycles. The third-order valence-electron chi connectivity index (χ3n) is 5.95. The Morgan fingerprint density at radius 2 is 1.08 bits per heavy atom. The van der Waals surface area contributed by atoms with Crippen molar-refractivity contribution in [2.24, 2.45) is 0 Å². The van der Waals surface area contributed by atoms with E-state index in [1.165, 1.54) is 0 Å². The molecule has 0 heterocycles. The van der Waals surface area contributed by atoms with E-state index in [9.17, 15) is 0 Å². The first kappa shape index (κ1) is 19.1. The summed E-state index contributed by atoms with van der Waals surface area (Å²) in [6, 6.07) is 18.4. The number of hydrogen-bond donors (Lipinski definition) is 0. The molecule has 0 aliphatic heterocycles. The number of fused-ring (bicyclic) bond motifs is 2. The van der Waals surface area contributed by atoms with Crippen molar-refractivity contribution < 1.29 is 21.3 Å². The van der Waals surface area contributed by atoms with E-state index in [4.69, 9.17) is 4.21 Å². The van der Waals surface area contributed by atoms with Crippen molar-refractivity contribution in [2.45, 2.75) is 30.3 Å². The first-order valence-corrected chi connectivity index (χ1v) is 26.5. The van der Waals surface area contributed by atoms with Crippen molar-refractivity contribution in [1.29, 1.82) is 0 Å². The minimum absolute atomic E-state index is 0.657. The predicted octanol–water partition coefficient (Wildman–Crippen LogP) is 5.37. The van der Waals surface area contributed by atoms with Gasteiger partial charge in [-0.2, -0.15) is 0 Å². The summed E-state index contributed by atoms with van der Waals surface area (Å²) in [6.45, 7) is 0. The number of hydrogen-bond acceptors (Lipinski definition) is 0. The van der Waals surface area contributed by atoms with Crippen LogP contribution < -0.4 is 0 Å². The van der Waals surface area contributed by atoms with E-state index < -0.39 is 50.0 Å². The maximum atomic E-state index is 4.94. The van der Waals surface area contributed by atoms with Gasteiger partial charge in [0.15, 0.2) is 0 Å². The summed E-state index contributed by atoms with van der Waals surface area (Å²) in [5.74, 6) is 10.1. The van der Waals surface area contributed by atoms with Crippen LogP contribution in [0.25, 0.3) is 8.81 Å². The molecule has 3 heteroatoms. The molecule has 2 aliphatic rings. The SMILES string of the molecule is [CH2]=[Zr]([CH]1C=[C]([GeH]([CH3])[CH3])c2ccccc21)[CH]1C=[C]([GeH]([CH3])[CH3])c2ccccc21. The van der Waals surface area contributed by atoms with Crippen LogP contribution in [0.5, 0.6) is 0 Å². The van der Waals surface area contributed by atoms with Crippen molar-refractivity contribution in [1.82, 2.24) is 0 Å². The van der Waals surface area contributed by atoms with Crippen LogP contribution in [-0.4, -0.2) is 32.9 Å². The van der Waals surface area contributed by atoms with Crippen molar-refractivity contribution in [3.63, 3.8) is 0 Å². The second kappa shape index (κ2) is 7.64. The molecule has 132 valence electrons. The Morgan fingerprint density at radius 1 is 0.692 bits per heavy atom. The van der Waals surface area contributed by atoms with Gasteiger partial charge in [0, 0.05) is 0 Å². The van der Waals surface area contributed by atoms with Gasteiger partial charge in [0.05, 0.1) is 0 Å². The maximum absolute atomic E-state index is 4.94. The molecule has 2 atom stereocenters. The topological polar surface area (TPSA) is 0 Å². The number of benzene rings is 2. The van der Waals surface area contributed by atoms with E-state index in [1.807, 2.05) is 0 Å². The third-order valence-corrected chi connectivity index (χ3v) is 19.6. The summed E-state index contributed by atoms with van der Waals surface area (Å²) in [5, 5.41) is 0. The fourth-order valence-corrected chi connectivity index (χ4v) is 18.8. The van der Waals surface area contributed by atoms with E-state index in [0.717, 1.165) is 0 Å². The quantitative estimate of drug-likeness (QED) is 0.458. The van der Waals surface area contributed by atoms with E-state index in [-0.39, 0.29) is 0 Å². The van der Waals surface area contributed by atoms with Crippen LogP contribution in [0.1, 0.15) is 29.5 Å². The van der Waals surface area contributed by atoms with Gasteiger partial charge in [-0.1, -0.05) is 0 Å². The molecule has 2 aliphatic carbocycles. The Kier molecular flexibility index (Phi) is 5.61. The van der Waals surface area contributed by atoms with Gasteiger partial charge in [-0.25, -0.2) is 0 Å². The van der Waals surface area contributed by atoms with E-state index in [1.54, 1.807) is 31.1 Å². The monoisotopic (exact) mass is 542 g/mol. The van der Waals surface area contributed by atoms with Crippen LogP contribution in [0.2, 0.25) is 23.0 Å². The van der Waals surface area contributed by atoms with Crippen LogP contribution in [0.3, 0.4) is 0 Å². The molecule has 0 N–H and O–H groups in total. The molecule has 0 fully saturated rings. The number of allylic oxidation sites excluding steroid dienone is 2. The molecule has 2 aromatic rings. The molecule has 0 saturated heterocycles. The van der Waals surface area contributed by atoms with E-state index in [0.29, 0.717) is 7.25 Å². The van der Waals surface area contributed by atoms with Gasteiger partial charge in [0.1, 0.15) is 0 Å². The zero-order valence-electron chi connectivity index (χ0n) is 16.3. The normalized spacial score (nSPS) is 20.8. The van der Waals surface area contributed by atoms with Crippen molar-refractivity contribution in [3.8, 4) is 0 Å². The molecule has 0 bridgehead atoms. The van der Waals surface area contributed by atoms with Gasteiger partial charge >= 0.3 is 176 Å². The van der Waals surface area contributed by atoms with Gasteiger partial charge in [0.25, 0.3) is 0 Å². The first-order valence-electron chi connectivity index (χ1n) is 9.79. The van der Waals surface area contributed by atoms with Crippen LogP contribution in [0.15, 0.2) is 60.7 Å². The van der Waals surface area contributed by atoms with E-state index in [2.05, 4.69) is 83.7 Å². The second-order valence-corrected chi connectivity index (χ2v) is 26.4. The van der Waals surface area contributed by atoms with Crippen LogP contribution in [0, 0.1) is 0 Å². The summed E-state index contributed by atoms with van der Waals surface area (Å²) >= 11 is -4.57. The minimum atomic E-state index is -1.97. The summed E-state index contributed by atoms with van der Waals surface area (Å²) < 4.78 is 9.72. The summed E-state index contributed by atoms with van der Waals surface area (Å²) in [4.78, 5) is 0. The van der Waals surface area contributed by atoms with Crippen molar-refractivity contribution in [2.75, 3.05) is 0 Å².